The molecule has 1 amide bonds. The fraction of sp³-hybridized carbons (Fsp3) is 0.105. The fourth-order valence-corrected chi connectivity index (χ4v) is 2.29. The van der Waals surface area contributed by atoms with Gasteiger partial charge in [-0.15, -0.1) is 0 Å². The largest absolute Gasteiger partial charge is 0.344 e. The highest BCUT2D eigenvalue weighted by Gasteiger charge is 2.12. The van der Waals surface area contributed by atoms with Gasteiger partial charge in [0.25, 0.3) is 5.91 Å². The molecule has 1 unspecified atom stereocenters. The van der Waals surface area contributed by atoms with Gasteiger partial charge in [0.1, 0.15) is 17.3 Å². The van der Waals surface area contributed by atoms with Gasteiger partial charge in [0, 0.05) is 5.69 Å². The third kappa shape index (κ3) is 4.38. The van der Waals surface area contributed by atoms with E-state index in [0.29, 0.717) is 11.5 Å². The van der Waals surface area contributed by atoms with Crippen LogP contribution in [0.25, 0.3) is 0 Å². The lowest BCUT2D eigenvalue weighted by Crippen LogP contribution is -2.27. The first-order valence-electron chi connectivity index (χ1n) is 7.82. The smallest absolute Gasteiger partial charge is 0.271 e. The predicted octanol–water partition coefficient (Wildman–Crippen LogP) is 3.85. The molecule has 0 aliphatic carbocycles. The van der Waals surface area contributed by atoms with E-state index in [1.165, 1.54) is 24.5 Å². The number of anilines is 2. The molecule has 0 aliphatic rings. The van der Waals surface area contributed by atoms with Crippen LogP contribution in [0.15, 0.2) is 67.0 Å². The van der Waals surface area contributed by atoms with Crippen molar-refractivity contribution in [3.8, 4) is 0 Å². The number of carbonyl (C=O) groups is 1. The number of benzene rings is 2. The zero-order chi connectivity index (χ0) is 17.6. The minimum atomic E-state index is -0.309. The Balaban J connectivity index is 1.63. The van der Waals surface area contributed by atoms with Crippen LogP contribution in [0.5, 0.6) is 0 Å². The Labute approximate surface area is 145 Å². The monoisotopic (exact) mass is 336 g/mol. The summed E-state index contributed by atoms with van der Waals surface area (Å²) in [5.74, 6) is -0.132. The van der Waals surface area contributed by atoms with E-state index in [4.69, 9.17) is 0 Å². The first-order chi connectivity index (χ1) is 12.1. The van der Waals surface area contributed by atoms with Crippen molar-refractivity contribution in [2.45, 2.75) is 13.0 Å². The standard InChI is InChI=1S/C19H17FN4O/c1-13(14-5-3-2-4-6-14)23-19(25)17-11-22-18(12-21-17)24-16-9-7-15(20)8-10-16/h2-13H,1H3,(H,22,24)(H,23,25). The molecule has 0 saturated heterocycles. The van der Waals surface area contributed by atoms with Crippen LogP contribution >= 0.6 is 0 Å². The number of rotatable bonds is 5. The zero-order valence-corrected chi connectivity index (χ0v) is 13.6. The van der Waals surface area contributed by atoms with E-state index in [-0.39, 0.29) is 23.5 Å². The van der Waals surface area contributed by atoms with E-state index < -0.39 is 0 Å². The van der Waals surface area contributed by atoms with Crippen molar-refractivity contribution in [1.82, 2.24) is 15.3 Å². The second kappa shape index (κ2) is 7.53. The maximum absolute atomic E-state index is 12.9. The SMILES string of the molecule is CC(NC(=O)c1cnc(Nc2ccc(F)cc2)cn1)c1ccccc1. The number of nitrogens with one attached hydrogen (secondary N) is 2. The van der Waals surface area contributed by atoms with Gasteiger partial charge in [0.05, 0.1) is 18.4 Å². The highest BCUT2D eigenvalue weighted by atomic mass is 19.1. The lowest BCUT2D eigenvalue weighted by atomic mass is 10.1. The molecule has 0 radical (unpaired) electrons. The molecule has 2 aromatic carbocycles. The quantitative estimate of drug-likeness (QED) is 0.743. The number of carbonyl (C=O) groups excluding carboxylic acids is 1. The van der Waals surface area contributed by atoms with Crippen LogP contribution in [0, 0.1) is 5.82 Å². The summed E-state index contributed by atoms with van der Waals surface area (Å²) in [6.45, 7) is 1.91. The van der Waals surface area contributed by atoms with E-state index in [2.05, 4.69) is 20.6 Å². The van der Waals surface area contributed by atoms with Crippen LogP contribution < -0.4 is 10.6 Å². The molecular weight excluding hydrogens is 319 g/mol. The van der Waals surface area contributed by atoms with Gasteiger partial charge in [-0.3, -0.25) is 4.79 Å². The first kappa shape index (κ1) is 16.6. The van der Waals surface area contributed by atoms with Crippen LogP contribution in [0.1, 0.15) is 29.0 Å². The Bertz CT molecular complexity index is 836. The van der Waals surface area contributed by atoms with Crippen molar-refractivity contribution in [2.75, 3.05) is 5.32 Å². The second-order valence-electron chi connectivity index (χ2n) is 5.52. The van der Waals surface area contributed by atoms with E-state index in [1.807, 2.05) is 37.3 Å². The molecule has 0 aliphatic heterocycles. The van der Waals surface area contributed by atoms with E-state index in [9.17, 15) is 9.18 Å². The van der Waals surface area contributed by atoms with Crippen LogP contribution in [0.4, 0.5) is 15.9 Å². The normalized spacial score (nSPS) is 11.6. The topological polar surface area (TPSA) is 66.9 Å². The molecule has 0 bridgehead atoms. The van der Waals surface area contributed by atoms with Crippen LogP contribution in [-0.2, 0) is 0 Å². The number of hydrogen-bond donors (Lipinski definition) is 2. The van der Waals surface area contributed by atoms with Crippen molar-refractivity contribution >= 4 is 17.4 Å². The molecular formula is C19H17FN4O. The van der Waals surface area contributed by atoms with Gasteiger partial charge >= 0.3 is 0 Å². The maximum Gasteiger partial charge on any atom is 0.271 e. The van der Waals surface area contributed by atoms with E-state index in [0.717, 1.165) is 5.56 Å². The number of hydrogen-bond acceptors (Lipinski definition) is 4. The molecule has 3 rings (SSSR count). The average Bonchev–Trinajstić information content (AvgIpc) is 2.65. The molecule has 2 N–H and O–H groups in total. The van der Waals surface area contributed by atoms with Gasteiger partial charge in [0.2, 0.25) is 0 Å². The third-order valence-electron chi connectivity index (χ3n) is 3.65. The molecule has 1 atom stereocenters. The first-order valence-corrected chi connectivity index (χ1v) is 7.82. The summed E-state index contributed by atoms with van der Waals surface area (Å²) >= 11 is 0. The van der Waals surface area contributed by atoms with Crippen molar-refractivity contribution in [1.29, 1.82) is 0 Å². The predicted molar refractivity (Wildman–Crippen MR) is 94.0 cm³/mol. The summed E-state index contributed by atoms with van der Waals surface area (Å²) < 4.78 is 12.9. The van der Waals surface area contributed by atoms with Crippen molar-refractivity contribution < 1.29 is 9.18 Å². The Morgan fingerprint density at radius 2 is 1.72 bits per heavy atom. The third-order valence-corrected chi connectivity index (χ3v) is 3.65. The highest BCUT2D eigenvalue weighted by Crippen LogP contribution is 2.15. The maximum atomic E-state index is 12.9. The number of halogens is 1. The lowest BCUT2D eigenvalue weighted by molar-refractivity contribution is 0.0934. The Kier molecular flexibility index (Phi) is 4.99. The Hall–Kier alpha value is -3.28. The number of nitrogens with zero attached hydrogens (tertiary/aromatic N) is 2. The average molecular weight is 336 g/mol. The van der Waals surface area contributed by atoms with Crippen molar-refractivity contribution in [2.24, 2.45) is 0 Å². The van der Waals surface area contributed by atoms with Crippen LogP contribution in [-0.4, -0.2) is 15.9 Å². The zero-order valence-electron chi connectivity index (χ0n) is 13.6. The fourth-order valence-electron chi connectivity index (χ4n) is 2.29. The summed E-state index contributed by atoms with van der Waals surface area (Å²) in [7, 11) is 0. The lowest BCUT2D eigenvalue weighted by Gasteiger charge is -2.14. The van der Waals surface area contributed by atoms with E-state index >= 15 is 0 Å². The van der Waals surface area contributed by atoms with Crippen LogP contribution in [0.2, 0.25) is 0 Å². The molecule has 0 saturated carbocycles. The molecule has 1 aromatic heterocycles. The van der Waals surface area contributed by atoms with Crippen molar-refractivity contribution in [3.05, 3.63) is 84.1 Å². The highest BCUT2D eigenvalue weighted by molar-refractivity contribution is 5.92. The Morgan fingerprint density at radius 3 is 2.36 bits per heavy atom. The van der Waals surface area contributed by atoms with Gasteiger partial charge in [-0.05, 0) is 36.8 Å². The number of aromatic nitrogens is 2. The molecule has 1 heterocycles. The summed E-state index contributed by atoms with van der Waals surface area (Å²) in [4.78, 5) is 20.6. The summed E-state index contributed by atoms with van der Waals surface area (Å²) in [6, 6.07) is 15.4. The molecule has 0 fully saturated rings. The second-order valence-corrected chi connectivity index (χ2v) is 5.52. The molecule has 5 nitrogen and oxygen atoms in total. The van der Waals surface area contributed by atoms with Gasteiger partial charge in [0.15, 0.2) is 0 Å². The minimum Gasteiger partial charge on any atom is -0.344 e. The van der Waals surface area contributed by atoms with E-state index in [1.54, 1.807) is 12.1 Å². The number of amides is 1. The van der Waals surface area contributed by atoms with Gasteiger partial charge < -0.3 is 10.6 Å². The van der Waals surface area contributed by atoms with Gasteiger partial charge in [-0.25, -0.2) is 14.4 Å². The molecule has 25 heavy (non-hydrogen) atoms. The molecule has 3 aromatic rings. The van der Waals surface area contributed by atoms with Crippen molar-refractivity contribution in [3.63, 3.8) is 0 Å². The minimum absolute atomic E-state index is 0.132. The summed E-state index contributed by atoms with van der Waals surface area (Å²) in [6.07, 6.45) is 2.87. The molecule has 6 heteroatoms. The van der Waals surface area contributed by atoms with Gasteiger partial charge in [-0.1, -0.05) is 30.3 Å². The summed E-state index contributed by atoms with van der Waals surface area (Å²) in [5, 5.41) is 5.88. The summed E-state index contributed by atoms with van der Waals surface area (Å²) in [5.41, 5.74) is 1.93. The van der Waals surface area contributed by atoms with Crippen LogP contribution in [0.3, 0.4) is 0 Å². The molecule has 0 spiro atoms. The molecule has 126 valence electrons. The van der Waals surface area contributed by atoms with Gasteiger partial charge in [-0.2, -0.15) is 0 Å². The Morgan fingerprint density at radius 1 is 1.00 bits per heavy atom.